The average Bonchev–Trinajstić information content (AvgIpc) is 1.81. The van der Waals surface area contributed by atoms with E-state index < -0.39 is 12.0 Å². The molecule has 0 aromatic heterocycles. The first-order chi connectivity index (χ1) is 5.74. The van der Waals surface area contributed by atoms with Gasteiger partial charge in [0.05, 0.1) is 0 Å². The van der Waals surface area contributed by atoms with Gasteiger partial charge in [0.25, 0.3) is 0 Å². The summed E-state index contributed by atoms with van der Waals surface area (Å²) in [6, 6.07) is -0.728. The van der Waals surface area contributed by atoms with Gasteiger partial charge < -0.3 is 10.8 Å². The number of hydrogen-bond donors (Lipinski definition) is 2. The molecule has 0 saturated carbocycles. The van der Waals surface area contributed by atoms with Crippen molar-refractivity contribution in [1.82, 2.24) is 0 Å². The van der Waals surface area contributed by atoms with Gasteiger partial charge in [-0.05, 0) is 24.2 Å². The number of rotatable bonds is 5. The van der Waals surface area contributed by atoms with Gasteiger partial charge in [0.15, 0.2) is 0 Å². The van der Waals surface area contributed by atoms with Gasteiger partial charge in [-0.1, -0.05) is 27.7 Å². The molecule has 0 amide bonds. The fraction of sp³-hybridized carbons (Fsp3) is 0.900. The van der Waals surface area contributed by atoms with Gasteiger partial charge in [-0.3, -0.25) is 4.79 Å². The van der Waals surface area contributed by atoms with Crippen molar-refractivity contribution in [3.63, 3.8) is 0 Å². The Hall–Kier alpha value is -0.570. The molecule has 3 heteroatoms. The van der Waals surface area contributed by atoms with E-state index in [1.54, 1.807) is 0 Å². The Labute approximate surface area is 80.3 Å². The largest absolute Gasteiger partial charge is 0.480 e. The molecule has 0 aliphatic heterocycles. The molecule has 0 rings (SSSR count). The first-order valence-corrected chi connectivity index (χ1v) is 4.73. The van der Waals surface area contributed by atoms with Gasteiger partial charge in [-0.25, -0.2) is 0 Å². The van der Waals surface area contributed by atoms with Crippen LogP contribution in [0.1, 0.15) is 40.5 Å². The van der Waals surface area contributed by atoms with E-state index in [-0.39, 0.29) is 5.41 Å². The molecule has 0 radical (unpaired) electrons. The van der Waals surface area contributed by atoms with Crippen LogP contribution in [-0.2, 0) is 4.79 Å². The van der Waals surface area contributed by atoms with Gasteiger partial charge >= 0.3 is 5.97 Å². The lowest BCUT2D eigenvalue weighted by Gasteiger charge is -2.28. The van der Waals surface area contributed by atoms with Crippen LogP contribution in [0.15, 0.2) is 0 Å². The SMILES string of the molecule is CC(C)CC(C)(C)CC(N)C(=O)O. The molecule has 13 heavy (non-hydrogen) atoms. The fourth-order valence-electron chi connectivity index (χ4n) is 1.87. The van der Waals surface area contributed by atoms with Crippen molar-refractivity contribution in [1.29, 1.82) is 0 Å². The average molecular weight is 187 g/mol. The minimum atomic E-state index is -0.906. The molecule has 0 saturated heterocycles. The molecule has 0 aromatic carbocycles. The third-order valence-corrected chi connectivity index (χ3v) is 2.05. The Bertz CT molecular complexity index is 176. The molecule has 0 spiro atoms. The molecule has 0 aliphatic rings. The van der Waals surface area contributed by atoms with Crippen LogP contribution in [0.3, 0.4) is 0 Å². The van der Waals surface area contributed by atoms with Crippen molar-refractivity contribution < 1.29 is 9.90 Å². The van der Waals surface area contributed by atoms with E-state index in [9.17, 15) is 4.79 Å². The topological polar surface area (TPSA) is 63.3 Å². The fourth-order valence-corrected chi connectivity index (χ4v) is 1.87. The Morgan fingerprint density at radius 3 is 2.15 bits per heavy atom. The lowest BCUT2D eigenvalue weighted by atomic mass is 9.79. The predicted octanol–water partition coefficient (Wildman–Crippen LogP) is 1.86. The van der Waals surface area contributed by atoms with Crippen LogP contribution >= 0.6 is 0 Å². The summed E-state index contributed by atoms with van der Waals surface area (Å²) in [5.41, 5.74) is 5.50. The van der Waals surface area contributed by atoms with Gasteiger partial charge in [0.1, 0.15) is 6.04 Å². The maximum absolute atomic E-state index is 10.5. The summed E-state index contributed by atoms with van der Waals surface area (Å²) in [6.45, 7) is 8.40. The Kier molecular flexibility index (Phi) is 4.40. The first kappa shape index (κ1) is 12.4. The summed E-state index contributed by atoms with van der Waals surface area (Å²) in [7, 11) is 0. The smallest absolute Gasteiger partial charge is 0.320 e. The number of nitrogens with two attached hydrogens (primary N) is 1. The van der Waals surface area contributed by atoms with Crippen LogP contribution in [0.2, 0.25) is 0 Å². The molecule has 3 nitrogen and oxygen atoms in total. The molecule has 1 unspecified atom stereocenters. The van der Waals surface area contributed by atoms with Crippen LogP contribution in [0.4, 0.5) is 0 Å². The second kappa shape index (κ2) is 4.61. The third-order valence-electron chi connectivity index (χ3n) is 2.05. The second-order valence-corrected chi connectivity index (χ2v) is 4.91. The van der Waals surface area contributed by atoms with E-state index in [4.69, 9.17) is 10.8 Å². The molecule has 0 aromatic rings. The first-order valence-electron chi connectivity index (χ1n) is 4.73. The predicted molar refractivity (Wildman–Crippen MR) is 53.5 cm³/mol. The standard InChI is InChI=1S/C10H21NO2/c1-7(2)5-10(3,4)6-8(11)9(12)13/h7-8H,5-6,11H2,1-4H3,(H,12,13). The van der Waals surface area contributed by atoms with Crippen molar-refractivity contribution in [2.45, 2.75) is 46.6 Å². The van der Waals surface area contributed by atoms with Gasteiger partial charge in [0.2, 0.25) is 0 Å². The molecule has 0 fully saturated rings. The van der Waals surface area contributed by atoms with Crippen LogP contribution < -0.4 is 5.73 Å². The van der Waals surface area contributed by atoms with Crippen LogP contribution in [-0.4, -0.2) is 17.1 Å². The van der Waals surface area contributed by atoms with Gasteiger partial charge in [-0.2, -0.15) is 0 Å². The summed E-state index contributed by atoms with van der Waals surface area (Å²) in [4.78, 5) is 10.5. The lowest BCUT2D eigenvalue weighted by Crippen LogP contribution is -2.35. The Balaban J connectivity index is 4.08. The molecule has 0 aliphatic carbocycles. The molecular weight excluding hydrogens is 166 g/mol. The normalized spacial score (nSPS) is 14.6. The van der Waals surface area contributed by atoms with E-state index in [0.29, 0.717) is 12.3 Å². The quantitative estimate of drug-likeness (QED) is 0.690. The highest BCUT2D eigenvalue weighted by atomic mass is 16.4. The van der Waals surface area contributed by atoms with E-state index in [1.807, 2.05) is 0 Å². The summed E-state index contributed by atoms with van der Waals surface area (Å²) in [6.07, 6.45) is 1.55. The minimum Gasteiger partial charge on any atom is -0.480 e. The molecular formula is C10H21NO2. The summed E-state index contributed by atoms with van der Waals surface area (Å²) in [5, 5.41) is 8.65. The Morgan fingerprint density at radius 1 is 1.38 bits per heavy atom. The molecule has 1 atom stereocenters. The highest BCUT2D eigenvalue weighted by Crippen LogP contribution is 2.29. The summed E-state index contributed by atoms with van der Waals surface area (Å²) >= 11 is 0. The van der Waals surface area contributed by atoms with Crippen LogP contribution in [0, 0.1) is 11.3 Å². The zero-order chi connectivity index (χ0) is 10.6. The number of aliphatic carboxylic acids is 1. The minimum absolute atomic E-state index is 0.0198. The lowest BCUT2D eigenvalue weighted by molar-refractivity contribution is -0.139. The van der Waals surface area contributed by atoms with Crippen molar-refractivity contribution in [3.8, 4) is 0 Å². The van der Waals surface area contributed by atoms with E-state index in [0.717, 1.165) is 6.42 Å². The van der Waals surface area contributed by atoms with Crippen LogP contribution in [0.25, 0.3) is 0 Å². The third kappa shape index (κ3) is 5.64. The zero-order valence-corrected chi connectivity index (χ0v) is 9.00. The van der Waals surface area contributed by atoms with Crippen molar-refractivity contribution in [2.75, 3.05) is 0 Å². The Morgan fingerprint density at radius 2 is 1.85 bits per heavy atom. The van der Waals surface area contributed by atoms with Gasteiger partial charge in [-0.15, -0.1) is 0 Å². The number of carboxylic acid groups (broad SMARTS) is 1. The molecule has 3 N–H and O–H groups in total. The van der Waals surface area contributed by atoms with E-state index >= 15 is 0 Å². The zero-order valence-electron chi connectivity index (χ0n) is 9.00. The number of carboxylic acids is 1. The number of carbonyl (C=O) groups is 1. The highest BCUT2D eigenvalue weighted by Gasteiger charge is 2.25. The highest BCUT2D eigenvalue weighted by molar-refractivity contribution is 5.73. The molecule has 78 valence electrons. The van der Waals surface area contributed by atoms with Gasteiger partial charge in [0, 0.05) is 0 Å². The van der Waals surface area contributed by atoms with E-state index in [2.05, 4.69) is 27.7 Å². The maximum atomic E-state index is 10.5. The van der Waals surface area contributed by atoms with E-state index in [1.165, 1.54) is 0 Å². The van der Waals surface area contributed by atoms with Crippen molar-refractivity contribution in [3.05, 3.63) is 0 Å². The van der Waals surface area contributed by atoms with Crippen molar-refractivity contribution >= 4 is 5.97 Å². The molecule has 0 heterocycles. The monoisotopic (exact) mass is 187 g/mol. The number of hydrogen-bond acceptors (Lipinski definition) is 2. The summed E-state index contributed by atoms with van der Waals surface area (Å²) in [5.74, 6) is -0.326. The van der Waals surface area contributed by atoms with Crippen LogP contribution in [0.5, 0.6) is 0 Å². The maximum Gasteiger partial charge on any atom is 0.320 e. The molecule has 0 bridgehead atoms. The second-order valence-electron chi connectivity index (χ2n) is 4.91. The van der Waals surface area contributed by atoms with Crippen molar-refractivity contribution in [2.24, 2.45) is 17.1 Å². The summed E-state index contributed by atoms with van der Waals surface area (Å²) < 4.78 is 0.